The molecule has 0 radical (unpaired) electrons. The predicted octanol–water partition coefficient (Wildman–Crippen LogP) is 13.7. The van der Waals surface area contributed by atoms with Gasteiger partial charge in [-0.05, 0) is 68.7 Å². The van der Waals surface area contributed by atoms with Crippen LogP contribution in [-0.2, 0) is 37.3 Å². The Balaban J connectivity index is 0.00000408. The van der Waals surface area contributed by atoms with Gasteiger partial charge >= 0.3 is 21.1 Å². The Kier molecular flexibility index (Phi) is 8.04. The summed E-state index contributed by atoms with van der Waals surface area (Å²) < 4.78 is 13.9. The van der Waals surface area contributed by atoms with Gasteiger partial charge in [-0.25, -0.2) is 9.97 Å². The van der Waals surface area contributed by atoms with Crippen LogP contribution >= 0.6 is 11.3 Å². The van der Waals surface area contributed by atoms with Crippen LogP contribution in [0.4, 0.5) is 0 Å². The first-order valence-corrected chi connectivity index (χ1v) is 20.6. The van der Waals surface area contributed by atoms with Crippen molar-refractivity contribution in [1.82, 2.24) is 19.1 Å². The molecular formula is C51H42N4OPtS. The first kappa shape index (κ1) is 37.0. The molecule has 5 aromatic carbocycles. The van der Waals surface area contributed by atoms with Crippen molar-refractivity contribution in [2.24, 2.45) is 0 Å². The number of benzene rings is 5. The number of pyridine rings is 2. The first-order valence-electron chi connectivity index (χ1n) is 19.7. The molecule has 0 amide bonds. The van der Waals surface area contributed by atoms with Gasteiger partial charge in [-0.2, -0.15) is 12.1 Å². The largest absolute Gasteiger partial charge is 2.00 e. The minimum absolute atomic E-state index is 0. The molecule has 0 saturated heterocycles. The van der Waals surface area contributed by atoms with Crippen molar-refractivity contribution in [2.75, 3.05) is 0 Å². The van der Waals surface area contributed by atoms with Gasteiger partial charge in [0, 0.05) is 54.8 Å². The van der Waals surface area contributed by atoms with Crippen molar-refractivity contribution in [3.8, 4) is 23.0 Å². The number of rotatable bonds is 3. The van der Waals surface area contributed by atoms with Crippen molar-refractivity contribution >= 4 is 75.3 Å². The van der Waals surface area contributed by atoms with Crippen LogP contribution in [-0.4, -0.2) is 19.1 Å². The fraction of sp³-hybridized carbons (Fsp3) is 0.216. The second-order valence-corrected chi connectivity index (χ2v) is 19.2. The number of thiophene rings is 1. The van der Waals surface area contributed by atoms with Gasteiger partial charge in [0.05, 0.1) is 11.0 Å². The summed E-state index contributed by atoms with van der Waals surface area (Å²) in [5.74, 6) is 2.11. The Morgan fingerprint density at radius 2 is 1.36 bits per heavy atom. The minimum Gasteiger partial charge on any atom is -0.509 e. The standard InChI is InChI=1S/C51H42N4OS.Pt/c1-49(2,3)29-22-24-52-43(26-29)54-39-27-30(16-18-32(39)33-19-21-42-45(47(33)54)34-12-9-10-15-41(34)57-42)56-31-17-20-36-40(28-31)55-46-35(13-11-14-38(46)51(36,7)8)44-37(50(4,5)6)23-25-53-48(44)55;/h9-26H,1-8H3;/q-2;+2. The van der Waals surface area contributed by atoms with Crippen LogP contribution in [0.5, 0.6) is 11.5 Å². The molecule has 1 aliphatic rings. The molecule has 7 heteroatoms. The fourth-order valence-electron chi connectivity index (χ4n) is 9.31. The van der Waals surface area contributed by atoms with Gasteiger partial charge in [0.1, 0.15) is 11.5 Å². The molecule has 5 nitrogen and oxygen atoms in total. The van der Waals surface area contributed by atoms with Crippen LogP contribution in [0.15, 0.2) is 109 Å². The number of nitrogens with zero attached hydrogens (tertiary/aromatic N) is 4. The van der Waals surface area contributed by atoms with E-state index in [-0.39, 0.29) is 37.3 Å². The molecular weight excluding hydrogens is 912 g/mol. The fourth-order valence-corrected chi connectivity index (χ4v) is 10.4. The second-order valence-electron chi connectivity index (χ2n) is 18.2. The van der Waals surface area contributed by atoms with Crippen molar-refractivity contribution in [3.05, 3.63) is 144 Å². The summed E-state index contributed by atoms with van der Waals surface area (Å²) in [5, 5.41) is 7.18. The van der Waals surface area contributed by atoms with Crippen LogP contribution in [0.1, 0.15) is 77.6 Å². The van der Waals surface area contributed by atoms with E-state index in [1.807, 2.05) is 35.9 Å². The van der Waals surface area contributed by atoms with E-state index >= 15 is 0 Å². The van der Waals surface area contributed by atoms with E-state index in [0.29, 0.717) is 11.5 Å². The molecule has 0 unspecified atom stereocenters. The molecule has 0 fully saturated rings. The average molecular weight is 954 g/mol. The van der Waals surface area contributed by atoms with E-state index in [1.165, 1.54) is 64.1 Å². The Hall–Kier alpha value is -5.29. The van der Waals surface area contributed by atoms with E-state index in [0.717, 1.165) is 33.6 Å². The second kappa shape index (κ2) is 12.6. The van der Waals surface area contributed by atoms with Crippen LogP contribution in [0.3, 0.4) is 0 Å². The third kappa shape index (κ3) is 5.23. The molecule has 0 saturated carbocycles. The zero-order valence-corrected chi connectivity index (χ0v) is 36.9. The van der Waals surface area contributed by atoms with E-state index in [1.54, 1.807) is 0 Å². The normalized spacial score (nSPS) is 13.9. The number of fused-ring (bicyclic) bond motifs is 12. The number of hydrogen-bond donors (Lipinski definition) is 0. The Bertz CT molecular complexity index is 3330. The number of aromatic nitrogens is 4. The van der Waals surface area contributed by atoms with E-state index in [4.69, 9.17) is 14.7 Å². The zero-order chi connectivity index (χ0) is 39.2. The molecule has 58 heavy (non-hydrogen) atoms. The Morgan fingerprint density at radius 3 is 2.17 bits per heavy atom. The quantitative estimate of drug-likeness (QED) is 0.166. The van der Waals surface area contributed by atoms with Gasteiger partial charge in [0.25, 0.3) is 0 Å². The van der Waals surface area contributed by atoms with E-state index in [2.05, 4.69) is 162 Å². The van der Waals surface area contributed by atoms with Crippen molar-refractivity contribution in [3.63, 3.8) is 0 Å². The van der Waals surface area contributed by atoms with Crippen LogP contribution in [0.2, 0.25) is 0 Å². The summed E-state index contributed by atoms with van der Waals surface area (Å²) in [7, 11) is 0. The Labute approximate surface area is 356 Å². The van der Waals surface area contributed by atoms with E-state index < -0.39 is 0 Å². The van der Waals surface area contributed by atoms with Gasteiger partial charge in [-0.1, -0.05) is 109 Å². The maximum absolute atomic E-state index is 6.80. The monoisotopic (exact) mass is 953 g/mol. The molecule has 0 spiro atoms. The third-order valence-electron chi connectivity index (χ3n) is 12.2. The van der Waals surface area contributed by atoms with Crippen molar-refractivity contribution in [1.29, 1.82) is 0 Å². The predicted molar refractivity (Wildman–Crippen MR) is 237 cm³/mol. The summed E-state index contributed by atoms with van der Waals surface area (Å²) in [6.07, 6.45) is 3.88. The summed E-state index contributed by atoms with van der Waals surface area (Å²) in [6.45, 7) is 18.2. The van der Waals surface area contributed by atoms with Crippen LogP contribution in [0, 0.1) is 12.1 Å². The molecule has 10 aromatic rings. The van der Waals surface area contributed by atoms with Gasteiger partial charge in [-0.3, -0.25) is 0 Å². The van der Waals surface area contributed by atoms with E-state index in [9.17, 15) is 0 Å². The molecule has 288 valence electrons. The number of ether oxygens (including phenoxy) is 1. The Morgan fingerprint density at radius 1 is 0.621 bits per heavy atom. The molecule has 5 aromatic heterocycles. The summed E-state index contributed by atoms with van der Waals surface area (Å²) in [6, 6.07) is 42.4. The molecule has 0 bridgehead atoms. The van der Waals surface area contributed by atoms with Crippen molar-refractivity contribution in [2.45, 2.75) is 71.6 Å². The van der Waals surface area contributed by atoms with Gasteiger partial charge in [0.15, 0.2) is 0 Å². The van der Waals surface area contributed by atoms with Gasteiger partial charge in [-0.15, -0.1) is 46.6 Å². The zero-order valence-electron chi connectivity index (χ0n) is 33.8. The third-order valence-corrected chi connectivity index (χ3v) is 13.3. The molecule has 11 rings (SSSR count). The molecule has 0 N–H and O–H groups in total. The minimum atomic E-state index is -0.256. The topological polar surface area (TPSA) is 44.9 Å². The SMILES string of the molecule is CC(C)(C)c1ccnc(-n2c3[c-]c(Oc4[c-]c5c(cc4)C(C)(C)c4cccc6c7c(C(C)(C)C)ccnc7n-5c46)ccc3c3ccc4sc5ccccc5c4c32)c1.[Pt+2]. The summed E-state index contributed by atoms with van der Waals surface area (Å²) in [4.78, 5) is 10.0. The number of hydrogen-bond acceptors (Lipinski definition) is 4. The smallest absolute Gasteiger partial charge is 0.509 e. The molecule has 0 atom stereocenters. The number of para-hydroxylation sites is 1. The molecule has 0 aliphatic carbocycles. The van der Waals surface area contributed by atoms with Crippen LogP contribution < -0.4 is 4.74 Å². The molecule has 6 heterocycles. The van der Waals surface area contributed by atoms with Gasteiger partial charge < -0.3 is 13.9 Å². The molecule has 1 aliphatic heterocycles. The van der Waals surface area contributed by atoms with Crippen LogP contribution in [0.25, 0.3) is 75.4 Å². The van der Waals surface area contributed by atoms with Crippen molar-refractivity contribution < 1.29 is 25.8 Å². The summed E-state index contributed by atoms with van der Waals surface area (Å²) >= 11 is 1.83. The summed E-state index contributed by atoms with van der Waals surface area (Å²) in [5.41, 5.74) is 9.80. The average Bonchev–Trinajstić information content (AvgIpc) is 3.84. The van der Waals surface area contributed by atoms with Gasteiger partial charge in [0.2, 0.25) is 0 Å². The maximum atomic E-state index is 6.80. The maximum Gasteiger partial charge on any atom is 2.00 e. The first-order chi connectivity index (χ1) is 27.3.